The van der Waals surface area contributed by atoms with Crippen molar-refractivity contribution in [2.75, 3.05) is 48.5 Å². The molecule has 0 aromatic rings. The average molecular weight is 558 g/mol. The largest absolute Gasteiger partial charge is 0.756 e. The van der Waals surface area contributed by atoms with Crippen LogP contribution in [0.5, 0.6) is 0 Å². The molecule has 8 nitrogen and oxygen atoms in total. The highest BCUT2D eigenvalue weighted by Crippen LogP contribution is 2.26. The summed E-state index contributed by atoms with van der Waals surface area (Å²) < 4.78 is 26.8. The van der Waals surface area contributed by atoms with Crippen LogP contribution in [0, 0.1) is 0 Å². The molecule has 0 amide bonds. The summed E-state index contributed by atoms with van der Waals surface area (Å²) in [4.78, 5) is 22.9. The van der Waals surface area contributed by atoms with Crippen molar-refractivity contribution in [3.8, 4) is 0 Å². The molecule has 0 fully saturated rings. The van der Waals surface area contributed by atoms with Crippen LogP contribution in [0.3, 0.4) is 0 Å². The van der Waals surface area contributed by atoms with E-state index in [1.807, 2.05) is 0 Å². The van der Waals surface area contributed by atoms with E-state index in [9.17, 15) is 0 Å². The van der Waals surface area contributed by atoms with Gasteiger partial charge in [0.15, 0.2) is 0 Å². The number of rotatable bonds is 23. The van der Waals surface area contributed by atoms with Crippen LogP contribution in [0.4, 0.5) is 0 Å². The summed E-state index contributed by atoms with van der Waals surface area (Å²) in [5.74, 6) is 0. The molecular weight excluding hydrogens is 497 g/mol. The second-order valence-corrected chi connectivity index (χ2v) is 15.2. The maximum Gasteiger partial charge on any atom is 0.508 e. The zero-order valence-electron chi connectivity index (χ0n) is 24.6. The Balaban J connectivity index is 0. The smallest absolute Gasteiger partial charge is 0.508 e. The Morgan fingerprint density at radius 2 is 1.00 bits per heavy atom. The van der Waals surface area contributed by atoms with Crippen LogP contribution >= 0.6 is 7.82 Å². The molecule has 0 rings (SSSR count). The third kappa shape index (κ3) is 24.5. The van der Waals surface area contributed by atoms with Crippen LogP contribution in [-0.4, -0.2) is 71.6 Å². The molecule has 0 spiro atoms. The fourth-order valence-electron chi connectivity index (χ4n) is 4.89. The molecule has 10 heteroatoms. The minimum absolute atomic E-state index is 0.295. The van der Waals surface area contributed by atoms with Gasteiger partial charge in [0.2, 0.25) is 0 Å². The summed E-state index contributed by atoms with van der Waals surface area (Å²) >= 11 is 0. The third-order valence-electron chi connectivity index (χ3n) is 6.84. The maximum absolute atomic E-state index is 8.77. The number of hydrogen-bond donors (Lipinski definition) is 2. The zero-order chi connectivity index (χ0) is 27.9. The Labute approximate surface area is 224 Å². The first kappa shape index (κ1) is 38.3. The molecule has 1 atom stereocenters. The van der Waals surface area contributed by atoms with Gasteiger partial charge in [-0.15, -0.1) is 0 Å². The molecule has 0 bridgehead atoms. The Kier molecular flexibility index (Phi) is 24.6. The van der Waals surface area contributed by atoms with Crippen LogP contribution < -0.4 is 4.89 Å². The first-order valence-electron chi connectivity index (χ1n) is 14.1. The van der Waals surface area contributed by atoms with E-state index in [1.165, 1.54) is 109 Å². The summed E-state index contributed by atoms with van der Waals surface area (Å²) in [6.07, 6.45) is 22.8. The highest BCUT2D eigenvalue weighted by atomic mass is 31.2. The van der Waals surface area contributed by atoms with Crippen LogP contribution in [0.25, 0.3) is 0 Å². The lowest BCUT2D eigenvalue weighted by atomic mass is 10.0. The quantitative estimate of drug-likeness (QED) is 0.0683. The molecule has 220 valence electrons. The molecule has 0 aliphatic heterocycles. The molecule has 0 heterocycles. The standard InChI is InChI=1S/C26H58NO3Si.H3O4P/c1-8-9-10-11-12-13-14-15-16-17-18-19-20-21-22-23-24-27(3,4)25-26(2)31(28-5,29-6)30-7;1-5(2,3)4/h26H,8-25H2,1-7H3;(H3,1,2,3,4)/q+1;/p-1. The van der Waals surface area contributed by atoms with E-state index in [2.05, 4.69) is 27.9 Å². The zero-order valence-corrected chi connectivity index (χ0v) is 26.5. The van der Waals surface area contributed by atoms with Crippen molar-refractivity contribution in [2.24, 2.45) is 0 Å². The van der Waals surface area contributed by atoms with Crippen molar-refractivity contribution < 1.29 is 37.0 Å². The third-order valence-corrected chi connectivity index (χ3v) is 9.94. The van der Waals surface area contributed by atoms with Gasteiger partial charge in [0.05, 0.1) is 32.7 Å². The highest BCUT2D eigenvalue weighted by Gasteiger charge is 2.47. The Bertz CT molecular complexity index is 514. The van der Waals surface area contributed by atoms with Gasteiger partial charge in [-0.25, -0.2) is 0 Å². The monoisotopic (exact) mass is 557 g/mol. The molecule has 0 aromatic carbocycles. The van der Waals surface area contributed by atoms with Crippen molar-refractivity contribution in [1.29, 1.82) is 0 Å². The number of quaternary nitrogens is 1. The van der Waals surface area contributed by atoms with E-state index in [0.717, 1.165) is 11.0 Å². The van der Waals surface area contributed by atoms with Crippen LogP contribution in [0.1, 0.15) is 117 Å². The second kappa shape index (κ2) is 23.1. The second-order valence-electron chi connectivity index (χ2n) is 10.8. The van der Waals surface area contributed by atoms with Crippen molar-refractivity contribution >= 4 is 16.6 Å². The Hall–Kier alpha value is 0.167. The van der Waals surface area contributed by atoms with Gasteiger partial charge in [0.25, 0.3) is 7.82 Å². The lowest BCUT2D eigenvalue weighted by Gasteiger charge is -2.37. The van der Waals surface area contributed by atoms with Gasteiger partial charge < -0.3 is 32.4 Å². The summed E-state index contributed by atoms with van der Waals surface area (Å²) in [5, 5.41) is 0. The minimum atomic E-state index is -4.89. The number of phosphoric acid groups is 1. The molecule has 0 aliphatic rings. The fraction of sp³-hybridized carbons (Fsp3) is 1.00. The summed E-state index contributed by atoms with van der Waals surface area (Å²) in [7, 11) is 2.36. The van der Waals surface area contributed by atoms with E-state index in [1.54, 1.807) is 21.3 Å². The SMILES string of the molecule is CCCCCCCCCCCCCCCCCC[N+](C)(C)CC(C)[Si](OC)(OC)OC.O=P([O-])(O)O. The maximum atomic E-state index is 8.77. The van der Waals surface area contributed by atoms with Gasteiger partial charge in [-0.2, -0.15) is 0 Å². The van der Waals surface area contributed by atoms with Crippen molar-refractivity contribution in [2.45, 2.75) is 122 Å². The van der Waals surface area contributed by atoms with Gasteiger partial charge in [-0.3, -0.25) is 4.57 Å². The molecule has 0 radical (unpaired) electrons. The van der Waals surface area contributed by atoms with Gasteiger partial charge >= 0.3 is 8.80 Å². The van der Waals surface area contributed by atoms with Crippen molar-refractivity contribution in [3.63, 3.8) is 0 Å². The molecule has 0 aliphatic carbocycles. The van der Waals surface area contributed by atoms with Crippen LogP contribution in [0.15, 0.2) is 0 Å². The van der Waals surface area contributed by atoms with Crippen molar-refractivity contribution in [1.82, 2.24) is 0 Å². The van der Waals surface area contributed by atoms with Gasteiger partial charge in [-0.05, 0) is 12.8 Å². The lowest BCUT2D eigenvalue weighted by Crippen LogP contribution is -2.53. The van der Waals surface area contributed by atoms with Gasteiger partial charge in [-0.1, -0.05) is 104 Å². The average Bonchev–Trinajstić information content (AvgIpc) is 2.79. The van der Waals surface area contributed by atoms with Crippen molar-refractivity contribution in [3.05, 3.63) is 0 Å². The predicted octanol–water partition coefficient (Wildman–Crippen LogP) is 6.03. The Morgan fingerprint density at radius 3 is 1.28 bits per heavy atom. The number of nitrogens with zero attached hydrogens (tertiary/aromatic N) is 1. The number of hydrogen-bond acceptors (Lipinski definition) is 5. The van der Waals surface area contributed by atoms with E-state index in [4.69, 9.17) is 32.5 Å². The first-order chi connectivity index (χ1) is 16.9. The summed E-state index contributed by atoms with van der Waals surface area (Å²) in [6.45, 7) is 6.74. The molecule has 1 unspecified atom stereocenters. The first-order valence-corrected chi connectivity index (χ1v) is 17.4. The van der Waals surface area contributed by atoms with E-state index in [-0.39, 0.29) is 0 Å². The molecule has 0 aromatic heterocycles. The van der Waals surface area contributed by atoms with Crippen LogP contribution in [-0.2, 0) is 17.8 Å². The highest BCUT2D eigenvalue weighted by molar-refractivity contribution is 7.43. The van der Waals surface area contributed by atoms with E-state index in [0.29, 0.717) is 5.54 Å². The fourth-order valence-corrected chi connectivity index (χ4v) is 7.31. The molecule has 36 heavy (non-hydrogen) atoms. The minimum Gasteiger partial charge on any atom is -0.756 e. The topological polar surface area (TPSA) is 108 Å². The lowest BCUT2D eigenvalue weighted by molar-refractivity contribution is -0.890. The molecule has 2 N–H and O–H groups in total. The van der Waals surface area contributed by atoms with Gasteiger partial charge in [0.1, 0.15) is 0 Å². The molecule has 0 saturated heterocycles. The molecule has 0 saturated carbocycles. The van der Waals surface area contributed by atoms with E-state index < -0.39 is 16.6 Å². The predicted molar refractivity (Wildman–Crippen MR) is 150 cm³/mol. The summed E-state index contributed by atoms with van der Waals surface area (Å²) in [5.41, 5.74) is 0.295. The van der Waals surface area contributed by atoms with Crippen LogP contribution in [0.2, 0.25) is 5.54 Å². The normalized spacial score (nSPS) is 13.4. The molecular formula is C26H60NO7PSi. The summed E-state index contributed by atoms with van der Waals surface area (Å²) in [6, 6.07) is 0. The Morgan fingerprint density at radius 1 is 0.722 bits per heavy atom. The van der Waals surface area contributed by atoms with E-state index >= 15 is 0 Å². The number of unbranched alkanes of at least 4 members (excludes halogenated alkanes) is 15. The van der Waals surface area contributed by atoms with Gasteiger partial charge in [0, 0.05) is 21.3 Å².